The molecule has 0 radical (unpaired) electrons. The number of hydrogen-bond acceptors (Lipinski definition) is 4. The number of likely N-dealkylation sites (N-methyl/N-ethyl adjacent to an activating group) is 1. The summed E-state index contributed by atoms with van der Waals surface area (Å²) in [6.45, 7) is 7.30. The van der Waals surface area contributed by atoms with Crippen LogP contribution in [0.5, 0.6) is 0 Å². The molecule has 96 valence electrons. The number of aromatic nitrogens is 2. The van der Waals surface area contributed by atoms with Gasteiger partial charge in [-0.1, -0.05) is 20.8 Å². The SMILES string of the molecule is CCNC(c1cncnc1)C(CC)(CC)OC. The molecule has 0 fully saturated rings. The Morgan fingerprint density at radius 2 is 1.82 bits per heavy atom. The van der Waals surface area contributed by atoms with Gasteiger partial charge in [-0.3, -0.25) is 0 Å². The van der Waals surface area contributed by atoms with E-state index in [2.05, 4.69) is 36.1 Å². The van der Waals surface area contributed by atoms with Gasteiger partial charge in [0.15, 0.2) is 0 Å². The number of methoxy groups -OCH3 is 1. The van der Waals surface area contributed by atoms with Crippen LogP contribution in [0.2, 0.25) is 0 Å². The zero-order valence-corrected chi connectivity index (χ0v) is 11.2. The second-order valence-electron chi connectivity index (χ2n) is 4.14. The van der Waals surface area contributed by atoms with E-state index in [9.17, 15) is 0 Å². The minimum Gasteiger partial charge on any atom is -0.376 e. The summed E-state index contributed by atoms with van der Waals surface area (Å²) in [6.07, 6.45) is 7.18. The van der Waals surface area contributed by atoms with Gasteiger partial charge in [0.1, 0.15) is 6.33 Å². The van der Waals surface area contributed by atoms with E-state index in [0.717, 1.165) is 24.9 Å². The molecule has 1 aromatic heterocycles. The Bertz CT molecular complexity index is 303. The number of nitrogens with zero attached hydrogens (tertiary/aromatic N) is 2. The van der Waals surface area contributed by atoms with Gasteiger partial charge in [0.25, 0.3) is 0 Å². The molecule has 0 spiro atoms. The number of hydrogen-bond donors (Lipinski definition) is 1. The van der Waals surface area contributed by atoms with E-state index in [1.807, 2.05) is 12.4 Å². The summed E-state index contributed by atoms with van der Waals surface area (Å²) >= 11 is 0. The van der Waals surface area contributed by atoms with Gasteiger partial charge in [-0.25, -0.2) is 9.97 Å². The fourth-order valence-corrected chi connectivity index (χ4v) is 2.34. The van der Waals surface area contributed by atoms with E-state index in [0.29, 0.717) is 0 Å². The zero-order chi connectivity index (χ0) is 12.7. The van der Waals surface area contributed by atoms with E-state index < -0.39 is 0 Å². The maximum absolute atomic E-state index is 5.79. The lowest BCUT2D eigenvalue weighted by atomic mass is 9.84. The van der Waals surface area contributed by atoms with Gasteiger partial charge < -0.3 is 10.1 Å². The third-order valence-electron chi connectivity index (χ3n) is 3.45. The first-order valence-corrected chi connectivity index (χ1v) is 6.27. The maximum Gasteiger partial charge on any atom is 0.115 e. The molecule has 0 aromatic carbocycles. The van der Waals surface area contributed by atoms with Gasteiger partial charge in [0.05, 0.1) is 11.6 Å². The van der Waals surface area contributed by atoms with Crippen LogP contribution in [0.25, 0.3) is 0 Å². The molecular weight excluding hydrogens is 214 g/mol. The molecule has 1 heterocycles. The molecule has 0 aliphatic carbocycles. The van der Waals surface area contributed by atoms with Crippen LogP contribution in [0, 0.1) is 0 Å². The van der Waals surface area contributed by atoms with Crippen molar-refractivity contribution in [2.24, 2.45) is 0 Å². The van der Waals surface area contributed by atoms with Gasteiger partial charge >= 0.3 is 0 Å². The number of rotatable bonds is 7. The second-order valence-corrected chi connectivity index (χ2v) is 4.14. The van der Waals surface area contributed by atoms with E-state index >= 15 is 0 Å². The quantitative estimate of drug-likeness (QED) is 0.790. The summed E-state index contributed by atoms with van der Waals surface area (Å²) in [5, 5.41) is 3.49. The smallest absolute Gasteiger partial charge is 0.115 e. The van der Waals surface area contributed by atoms with Gasteiger partial charge in [-0.2, -0.15) is 0 Å². The molecule has 1 atom stereocenters. The average molecular weight is 237 g/mol. The van der Waals surface area contributed by atoms with Crippen molar-refractivity contribution in [3.05, 3.63) is 24.3 Å². The van der Waals surface area contributed by atoms with Gasteiger partial charge in [0, 0.05) is 25.1 Å². The maximum atomic E-state index is 5.79. The highest BCUT2D eigenvalue weighted by atomic mass is 16.5. The molecule has 0 saturated heterocycles. The van der Waals surface area contributed by atoms with Crippen LogP contribution in [-0.2, 0) is 4.74 Å². The fraction of sp³-hybridized carbons (Fsp3) is 0.692. The first kappa shape index (κ1) is 14.1. The molecule has 0 bridgehead atoms. The summed E-state index contributed by atoms with van der Waals surface area (Å²) in [4.78, 5) is 8.20. The van der Waals surface area contributed by atoms with Crippen LogP contribution in [0.3, 0.4) is 0 Å². The molecule has 4 heteroatoms. The monoisotopic (exact) mass is 237 g/mol. The standard InChI is InChI=1S/C13H23N3O/c1-5-13(6-2,17-4)12(16-7-3)11-8-14-10-15-9-11/h8-10,12,16H,5-7H2,1-4H3. The Morgan fingerprint density at radius 1 is 1.24 bits per heavy atom. The minimum atomic E-state index is -0.194. The molecule has 4 nitrogen and oxygen atoms in total. The van der Waals surface area contributed by atoms with Crippen molar-refractivity contribution in [3.63, 3.8) is 0 Å². The third kappa shape index (κ3) is 3.01. The van der Waals surface area contributed by atoms with E-state index in [-0.39, 0.29) is 11.6 Å². The van der Waals surface area contributed by atoms with Gasteiger partial charge in [-0.15, -0.1) is 0 Å². The Balaban J connectivity index is 3.07. The molecule has 17 heavy (non-hydrogen) atoms. The molecule has 0 amide bonds. The molecule has 1 aromatic rings. The lowest BCUT2D eigenvalue weighted by Crippen LogP contribution is -2.45. The van der Waals surface area contributed by atoms with E-state index in [1.54, 1.807) is 13.4 Å². The summed E-state index contributed by atoms with van der Waals surface area (Å²) in [5.74, 6) is 0. The van der Waals surface area contributed by atoms with Gasteiger partial charge in [0.2, 0.25) is 0 Å². The molecule has 1 rings (SSSR count). The van der Waals surface area contributed by atoms with Crippen molar-refractivity contribution in [2.45, 2.75) is 45.3 Å². The first-order valence-electron chi connectivity index (χ1n) is 6.27. The highest BCUT2D eigenvalue weighted by Crippen LogP contribution is 2.34. The Hall–Kier alpha value is -1.00. The van der Waals surface area contributed by atoms with Crippen molar-refractivity contribution < 1.29 is 4.74 Å². The first-order chi connectivity index (χ1) is 8.24. The van der Waals surface area contributed by atoms with E-state index in [4.69, 9.17) is 4.74 Å². The Labute approximate surface area is 104 Å². The number of ether oxygens (including phenoxy) is 1. The third-order valence-corrected chi connectivity index (χ3v) is 3.45. The normalized spacial score (nSPS) is 13.6. The predicted molar refractivity (Wildman–Crippen MR) is 68.8 cm³/mol. The summed E-state index contributed by atoms with van der Waals surface area (Å²) in [6, 6.07) is 0.133. The van der Waals surface area contributed by atoms with Crippen molar-refractivity contribution >= 4 is 0 Å². The lowest BCUT2D eigenvalue weighted by molar-refractivity contribution is -0.0484. The van der Waals surface area contributed by atoms with E-state index in [1.165, 1.54) is 0 Å². The van der Waals surface area contributed by atoms with Crippen LogP contribution in [0.1, 0.15) is 45.2 Å². The zero-order valence-electron chi connectivity index (χ0n) is 11.2. The Kier molecular flexibility index (Phi) is 5.51. The van der Waals surface area contributed by atoms with Crippen molar-refractivity contribution in [3.8, 4) is 0 Å². The van der Waals surface area contributed by atoms with Crippen LogP contribution in [0.4, 0.5) is 0 Å². The molecule has 0 aliphatic rings. The van der Waals surface area contributed by atoms with Crippen LogP contribution < -0.4 is 5.32 Å². The lowest BCUT2D eigenvalue weighted by Gasteiger charge is -2.38. The molecule has 1 N–H and O–H groups in total. The summed E-state index contributed by atoms with van der Waals surface area (Å²) in [5.41, 5.74) is 0.890. The predicted octanol–water partition coefficient (Wildman–Crippen LogP) is 2.33. The highest BCUT2D eigenvalue weighted by molar-refractivity contribution is 5.15. The molecule has 1 unspecified atom stereocenters. The van der Waals surface area contributed by atoms with Crippen molar-refractivity contribution in [1.29, 1.82) is 0 Å². The summed E-state index contributed by atoms with van der Waals surface area (Å²) < 4.78 is 5.79. The van der Waals surface area contributed by atoms with Crippen LogP contribution in [-0.4, -0.2) is 29.2 Å². The topological polar surface area (TPSA) is 47.0 Å². The number of nitrogens with one attached hydrogen (secondary N) is 1. The Morgan fingerprint density at radius 3 is 2.24 bits per heavy atom. The van der Waals surface area contributed by atoms with Gasteiger partial charge in [-0.05, 0) is 19.4 Å². The summed E-state index contributed by atoms with van der Waals surface area (Å²) in [7, 11) is 1.78. The van der Waals surface area contributed by atoms with Crippen molar-refractivity contribution in [1.82, 2.24) is 15.3 Å². The second kappa shape index (κ2) is 6.67. The van der Waals surface area contributed by atoms with Crippen LogP contribution >= 0.6 is 0 Å². The average Bonchev–Trinajstić information content (AvgIpc) is 2.41. The molecule has 0 aliphatic heterocycles. The van der Waals surface area contributed by atoms with Crippen LogP contribution in [0.15, 0.2) is 18.7 Å². The molecular formula is C13H23N3O. The molecule has 0 saturated carbocycles. The largest absolute Gasteiger partial charge is 0.376 e. The minimum absolute atomic E-state index is 0.133. The highest BCUT2D eigenvalue weighted by Gasteiger charge is 2.36. The fourth-order valence-electron chi connectivity index (χ4n) is 2.34. The van der Waals surface area contributed by atoms with Crippen molar-refractivity contribution in [2.75, 3.05) is 13.7 Å².